The molecule has 0 aliphatic carbocycles. The summed E-state index contributed by atoms with van der Waals surface area (Å²) < 4.78 is 0. The summed E-state index contributed by atoms with van der Waals surface area (Å²) in [5.41, 5.74) is 10.5. The van der Waals surface area contributed by atoms with Crippen molar-refractivity contribution in [1.29, 1.82) is 0 Å². The number of aryl methyl sites for hydroxylation is 1. The van der Waals surface area contributed by atoms with E-state index in [9.17, 15) is 9.59 Å². The molecule has 144 valence electrons. The summed E-state index contributed by atoms with van der Waals surface area (Å²) >= 11 is 0. The molecule has 0 spiro atoms. The van der Waals surface area contributed by atoms with Crippen LogP contribution in [0.15, 0.2) is 54.6 Å². The molecular weight excluding hydrogens is 354 g/mol. The fourth-order valence-corrected chi connectivity index (χ4v) is 2.45. The average molecular weight is 377 g/mol. The molecule has 0 unspecified atom stereocenters. The van der Waals surface area contributed by atoms with E-state index in [4.69, 9.17) is 10.9 Å². The van der Waals surface area contributed by atoms with E-state index in [0.29, 0.717) is 5.56 Å². The molecule has 0 heterocycles. The standard InChI is InChI=1S/C22H23N3O3/c1-15-7-3-5-9-18(15)10-6-4-8-17-11-13-19(14-12-17)21(26)24-20(16(2)23)22(27)25-28/h3-5,7-9,11-14,16,20,28H,23H2,1-2H3,(H,24,26)(H,25,27)/b8-4+/t16-,20+/m1/s1. The average Bonchev–Trinajstić information content (AvgIpc) is 2.70. The van der Waals surface area contributed by atoms with Gasteiger partial charge < -0.3 is 11.1 Å². The van der Waals surface area contributed by atoms with Crippen LogP contribution in [0.2, 0.25) is 0 Å². The van der Waals surface area contributed by atoms with E-state index in [2.05, 4.69) is 17.2 Å². The number of allylic oxidation sites excluding steroid dienone is 1. The number of rotatable bonds is 5. The van der Waals surface area contributed by atoms with Gasteiger partial charge in [-0.3, -0.25) is 14.8 Å². The highest BCUT2D eigenvalue weighted by Crippen LogP contribution is 2.08. The molecule has 2 aromatic carbocycles. The summed E-state index contributed by atoms with van der Waals surface area (Å²) in [6.07, 6.45) is 3.59. The highest BCUT2D eigenvalue weighted by Gasteiger charge is 2.24. The molecule has 0 saturated carbocycles. The van der Waals surface area contributed by atoms with Crippen LogP contribution < -0.4 is 16.5 Å². The predicted molar refractivity (Wildman–Crippen MR) is 108 cm³/mol. The molecule has 6 nitrogen and oxygen atoms in total. The van der Waals surface area contributed by atoms with Gasteiger partial charge in [0.05, 0.1) is 0 Å². The number of hydroxylamine groups is 1. The summed E-state index contributed by atoms with van der Waals surface area (Å²) in [6.45, 7) is 3.57. The Kier molecular flexibility index (Phi) is 7.52. The molecule has 0 radical (unpaired) electrons. The Morgan fingerprint density at radius 3 is 2.43 bits per heavy atom. The van der Waals surface area contributed by atoms with Gasteiger partial charge in [0, 0.05) is 17.2 Å². The third kappa shape index (κ3) is 5.81. The smallest absolute Gasteiger partial charge is 0.267 e. The van der Waals surface area contributed by atoms with E-state index in [-0.39, 0.29) is 0 Å². The monoisotopic (exact) mass is 377 g/mol. The first-order valence-electron chi connectivity index (χ1n) is 8.76. The molecule has 5 N–H and O–H groups in total. The molecule has 0 aliphatic rings. The fraction of sp³-hybridized carbons (Fsp3) is 0.182. The molecule has 28 heavy (non-hydrogen) atoms. The first-order valence-corrected chi connectivity index (χ1v) is 8.76. The van der Waals surface area contributed by atoms with Crippen LogP contribution in [0.5, 0.6) is 0 Å². The van der Waals surface area contributed by atoms with E-state index in [0.717, 1.165) is 16.7 Å². The molecular formula is C22H23N3O3. The maximum Gasteiger partial charge on any atom is 0.267 e. The maximum atomic E-state index is 12.3. The summed E-state index contributed by atoms with van der Waals surface area (Å²) in [7, 11) is 0. The quantitative estimate of drug-likeness (QED) is 0.363. The van der Waals surface area contributed by atoms with E-state index in [1.54, 1.807) is 37.3 Å². The zero-order valence-corrected chi connectivity index (χ0v) is 15.8. The number of nitrogens with two attached hydrogens (primary N) is 1. The van der Waals surface area contributed by atoms with Crippen LogP contribution in [0, 0.1) is 18.8 Å². The van der Waals surface area contributed by atoms with Gasteiger partial charge in [-0.05, 0) is 55.3 Å². The highest BCUT2D eigenvalue weighted by molar-refractivity contribution is 5.97. The van der Waals surface area contributed by atoms with Gasteiger partial charge in [0.1, 0.15) is 6.04 Å². The van der Waals surface area contributed by atoms with Crippen molar-refractivity contribution in [2.24, 2.45) is 5.73 Å². The molecule has 6 heteroatoms. The Hall–Kier alpha value is -3.40. The normalized spacial score (nSPS) is 12.6. The van der Waals surface area contributed by atoms with Crippen LogP contribution >= 0.6 is 0 Å². The molecule has 0 saturated heterocycles. The predicted octanol–water partition coefficient (Wildman–Crippen LogP) is 2.01. The Morgan fingerprint density at radius 1 is 1.14 bits per heavy atom. The Morgan fingerprint density at radius 2 is 1.82 bits per heavy atom. The Balaban J connectivity index is 2.02. The molecule has 2 amide bonds. The SMILES string of the molecule is Cc1ccccc1C#C/C=C/c1ccc(C(=O)N[C@H](C(=O)NO)[C@@H](C)N)cc1. The number of nitrogens with one attached hydrogen (secondary N) is 2. The van der Waals surface area contributed by atoms with Crippen molar-refractivity contribution >= 4 is 17.9 Å². The first-order chi connectivity index (χ1) is 13.4. The topological polar surface area (TPSA) is 104 Å². The molecule has 0 fully saturated rings. The van der Waals surface area contributed by atoms with Crippen LogP contribution in [0.1, 0.15) is 34.0 Å². The zero-order chi connectivity index (χ0) is 20.5. The third-order valence-electron chi connectivity index (χ3n) is 4.09. The van der Waals surface area contributed by atoms with Crippen LogP contribution in [0.25, 0.3) is 6.08 Å². The number of amides is 2. The zero-order valence-electron chi connectivity index (χ0n) is 15.8. The van der Waals surface area contributed by atoms with Crippen LogP contribution in [-0.4, -0.2) is 29.1 Å². The Bertz CT molecular complexity index is 922. The minimum atomic E-state index is -1.03. The third-order valence-corrected chi connectivity index (χ3v) is 4.09. The molecule has 0 aliphatic heterocycles. The van der Waals surface area contributed by atoms with E-state index < -0.39 is 23.9 Å². The lowest BCUT2D eigenvalue weighted by molar-refractivity contribution is -0.131. The molecule has 2 atom stereocenters. The van der Waals surface area contributed by atoms with Gasteiger partial charge in [0.15, 0.2) is 0 Å². The lowest BCUT2D eigenvalue weighted by Gasteiger charge is -2.20. The van der Waals surface area contributed by atoms with Gasteiger partial charge in [-0.25, -0.2) is 5.48 Å². The van der Waals surface area contributed by atoms with Crippen LogP contribution in [-0.2, 0) is 4.79 Å². The van der Waals surface area contributed by atoms with Gasteiger partial charge in [-0.2, -0.15) is 0 Å². The summed E-state index contributed by atoms with van der Waals surface area (Å²) in [5.74, 6) is 4.86. The van der Waals surface area contributed by atoms with E-state index in [1.165, 1.54) is 5.48 Å². The van der Waals surface area contributed by atoms with Crippen LogP contribution in [0.4, 0.5) is 0 Å². The van der Waals surface area contributed by atoms with Crippen molar-refractivity contribution in [2.75, 3.05) is 0 Å². The van der Waals surface area contributed by atoms with Crippen molar-refractivity contribution < 1.29 is 14.8 Å². The van der Waals surface area contributed by atoms with E-state index >= 15 is 0 Å². The van der Waals surface area contributed by atoms with E-state index in [1.807, 2.05) is 37.3 Å². The summed E-state index contributed by atoms with van der Waals surface area (Å²) in [5, 5.41) is 11.2. The largest absolute Gasteiger partial charge is 0.339 e. The van der Waals surface area contributed by atoms with Crippen molar-refractivity contribution in [3.8, 4) is 11.8 Å². The second-order valence-corrected chi connectivity index (χ2v) is 6.33. The van der Waals surface area contributed by atoms with Crippen molar-refractivity contribution in [2.45, 2.75) is 25.9 Å². The number of hydrogen-bond acceptors (Lipinski definition) is 4. The molecule has 2 aromatic rings. The maximum absolute atomic E-state index is 12.3. The fourth-order valence-electron chi connectivity index (χ4n) is 2.45. The van der Waals surface area contributed by atoms with Crippen LogP contribution in [0.3, 0.4) is 0 Å². The first kappa shape index (κ1) is 20.9. The van der Waals surface area contributed by atoms with Gasteiger partial charge in [-0.15, -0.1) is 0 Å². The second kappa shape index (κ2) is 10.1. The molecule has 0 bridgehead atoms. The number of carbonyl (C=O) groups excluding carboxylic acids is 2. The minimum Gasteiger partial charge on any atom is -0.339 e. The van der Waals surface area contributed by atoms with Crippen molar-refractivity contribution in [3.05, 3.63) is 76.9 Å². The second-order valence-electron chi connectivity index (χ2n) is 6.33. The Labute approximate surface area is 164 Å². The van der Waals surface area contributed by atoms with Crippen molar-refractivity contribution in [1.82, 2.24) is 10.8 Å². The molecule has 2 rings (SSSR count). The summed E-state index contributed by atoms with van der Waals surface area (Å²) in [4.78, 5) is 23.8. The van der Waals surface area contributed by atoms with Gasteiger partial charge >= 0.3 is 0 Å². The van der Waals surface area contributed by atoms with Gasteiger partial charge in [-0.1, -0.05) is 42.2 Å². The number of benzene rings is 2. The number of carbonyl (C=O) groups is 2. The number of hydrogen-bond donors (Lipinski definition) is 4. The molecule has 0 aromatic heterocycles. The summed E-state index contributed by atoms with van der Waals surface area (Å²) in [6, 6.07) is 13.0. The van der Waals surface area contributed by atoms with Crippen molar-refractivity contribution in [3.63, 3.8) is 0 Å². The lowest BCUT2D eigenvalue weighted by atomic mass is 10.1. The lowest BCUT2D eigenvalue weighted by Crippen LogP contribution is -2.54. The highest BCUT2D eigenvalue weighted by atomic mass is 16.5. The minimum absolute atomic E-state index is 0.375. The van der Waals surface area contributed by atoms with Gasteiger partial charge in [0.25, 0.3) is 11.8 Å². The van der Waals surface area contributed by atoms with Gasteiger partial charge in [0.2, 0.25) is 0 Å².